The Kier molecular flexibility index (Phi) is 3.87. The number of nitrogens with one attached hydrogen (secondary N) is 1. The number of rotatable bonds is 2. The smallest absolute Gasteiger partial charge is 0.325 e. The minimum atomic E-state index is -0.0594. The highest BCUT2D eigenvalue weighted by Crippen LogP contribution is 2.28. The van der Waals surface area contributed by atoms with Gasteiger partial charge >= 0.3 is 6.03 Å². The van der Waals surface area contributed by atoms with Gasteiger partial charge in [0.2, 0.25) is 0 Å². The standard InChI is InChI=1S/C18H20ClN3O/c19-17-4-2-1-3-16(17)14-6-8-22(11-14)18(23)20-15-9-13-5-7-21(10-13)12-15/h1-4,6,8,11,13,15H,5,7,9-10,12H2,(H,20,23). The first kappa shape index (κ1) is 14.8. The van der Waals surface area contributed by atoms with Gasteiger partial charge in [-0.1, -0.05) is 29.8 Å². The molecule has 1 aromatic carbocycles. The summed E-state index contributed by atoms with van der Waals surface area (Å²) in [4.78, 5) is 14.9. The molecule has 0 radical (unpaired) electrons. The SMILES string of the molecule is O=C(NC1CC2CCN(C2)C1)n1ccc(-c2ccccc2Cl)c1. The van der Waals surface area contributed by atoms with Gasteiger partial charge in [-0.05, 0) is 37.4 Å². The predicted molar refractivity (Wildman–Crippen MR) is 91.8 cm³/mol. The van der Waals surface area contributed by atoms with E-state index in [1.54, 1.807) is 10.8 Å². The highest BCUT2D eigenvalue weighted by atomic mass is 35.5. The second-order valence-corrected chi connectivity index (χ2v) is 6.99. The second-order valence-electron chi connectivity index (χ2n) is 6.58. The number of aromatic nitrogens is 1. The zero-order valence-corrected chi connectivity index (χ0v) is 13.7. The fourth-order valence-electron chi connectivity index (χ4n) is 3.79. The van der Waals surface area contributed by atoms with Gasteiger partial charge in [0.25, 0.3) is 0 Å². The van der Waals surface area contributed by atoms with Crippen molar-refractivity contribution in [1.29, 1.82) is 0 Å². The molecular weight excluding hydrogens is 310 g/mol. The van der Waals surface area contributed by atoms with Crippen molar-refractivity contribution in [2.45, 2.75) is 18.9 Å². The van der Waals surface area contributed by atoms with E-state index < -0.39 is 0 Å². The molecule has 2 saturated heterocycles. The van der Waals surface area contributed by atoms with Crippen LogP contribution in [0, 0.1) is 5.92 Å². The van der Waals surface area contributed by atoms with E-state index in [1.165, 1.54) is 19.5 Å². The van der Waals surface area contributed by atoms with Crippen LogP contribution in [0.15, 0.2) is 42.7 Å². The molecule has 1 N–H and O–H groups in total. The van der Waals surface area contributed by atoms with Crippen molar-refractivity contribution in [3.8, 4) is 11.1 Å². The van der Waals surface area contributed by atoms with Crippen LogP contribution in [0.5, 0.6) is 0 Å². The third-order valence-electron chi connectivity index (χ3n) is 4.91. The van der Waals surface area contributed by atoms with Gasteiger partial charge in [-0.25, -0.2) is 4.79 Å². The lowest BCUT2D eigenvalue weighted by molar-refractivity contribution is 0.206. The van der Waals surface area contributed by atoms with Crippen LogP contribution in [0.2, 0.25) is 5.02 Å². The molecular formula is C18H20ClN3O. The monoisotopic (exact) mass is 329 g/mol. The number of halogens is 1. The molecule has 0 spiro atoms. The van der Waals surface area contributed by atoms with Gasteiger partial charge < -0.3 is 10.2 Å². The first-order valence-corrected chi connectivity index (χ1v) is 8.53. The Balaban J connectivity index is 1.46. The molecule has 4 rings (SSSR count). The summed E-state index contributed by atoms with van der Waals surface area (Å²) in [6, 6.07) is 9.81. The maximum Gasteiger partial charge on any atom is 0.325 e. The van der Waals surface area contributed by atoms with Crippen LogP contribution in [-0.4, -0.2) is 41.2 Å². The summed E-state index contributed by atoms with van der Waals surface area (Å²) in [7, 11) is 0. The number of fused-ring (bicyclic) bond motifs is 2. The predicted octanol–water partition coefficient (Wildman–Crippen LogP) is 3.46. The van der Waals surface area contributed by atoms with Gasteiger partial charge in [-0.2, -0.15) is 0 Å². The Morgan fingerprint density at radius 3 is 2.91 bits per heavy atom. The molecule has 4 nitrogen and oxygen atoms in total. The molecule has 23 heavy (non-hydrogen) atoms. The molecule has 3 heterocycles. The minimum absolute atomic E-state index is 0.0594. The summed E-state index contributed by atoms with van der Waals surface area (Å²) in [5, 5.41) is 3.86. The Bertz CT molecular complexity index is 715. The highest BCUT2D eigenvalue weighted by molar-refractivity contribution is 6.33. The Labute approximate surface area is 141 Å². The van der Waals surface area contributed by atoms with Gasteiger partial charge in [0, 0.05) is 47.7 Å². The lowest BCUT2D eigenvalue weighted by atomic mass is 9.97. The van der Waals surface area contributed by atoms with E-state index in [4.69, 9.17) is 11.6 Å². The number of piperidine rings is 1. The van der Waals surface area contributed by atoms with E-state index in [1.807, 2.05) is 36.5 Å². The third kappa shape index (κ3) is 3.01. The van der Waals surface area contributed by atoms with Crippen molar-refractivity contribution < 1.29 is 4.79 Å². The van der Waals surface area contributed by atoms with E-state index in [9.17, 15) is 4.79 Å². The molecule has 3 atom stereocenters. The van der Waals surface area contributed by atoms with E-state index in [0.717, 1.165) is 30.0 Å². The summed E-state index contributed by atoms with van der Waals surface area (Å²) in [6.07, 6.45) is 6.01. The Morgan fingerprint density at radius 2 is 2.09 bits per heavy atom. The molecule has 3 unspecified atom stereocenters. The maximum absolute atomic E-state index is 12.5. The molecule has 5 heteroatoms. The molecule has 120 valence electrons. The summed E-state index contributed by atoms with van der Waals surface area (Å²) in [5.41, 5.74) is 1.90. The van der Waals surface area contributed by atoms with Crippen LogP contribution in [0.1, 0.15) is 12.8 Å². The average Bonchev–Trinajstić information content (AvgIpc) is 3.15. The quantitative estimate of drug-likeness (QED) is 0.916. The zero-order chi connectivity index (χ0) is 15.8. The van der Waals surface area contributed by atoms with E-state index in [0.29, 0.717) is 5.02 Å². The van der Waals surface area contributed by atoms with Gasteiger partial charge in [0.15, 0.2) is 0 Å². The van der Waals surface area contributed by atoms with Crippen molar-refractivity contribution in [3.63, 3.8) is 0 Å². The number of hydrogen-bond donors (Lipinski definition) is 1. The molecule has 0 aliphatic carbocycles. The van der Waals surface area contributed by atoms with Crippen LogP contribution in [0.3, 0.4) is 0 Å². The molecule has 1 amide bonds. The van der Waals surface area contributed by atoms with Crippen LogP contribution in [0.25, 0.3) is 11.1 Å². The van der Waals surface area contributed by atoms with Crippen molar-refractivity contribution in [2.24, 2.45) is 5.92 Å². The lowest BCUT2D eigenvalue weighted by Crippen LogP contribution is -2.47. The molecule has 2 aromatic rings. The summed E-state index contributed by atoms with van der Waals surface area (Å²) in [5.74, 6) is 0.748. The van der Waals surface area contributed by atoms with Gasteiger partial charge in [-0.3, -0.25) is 4.57 Å². The molecule has 2 fully saturated rings. The summed E-state index contributed by atoms with van der Waals surface area (Å²) >= 11 is 6.23. The van der Waals surface area contributed by atoms with Gasteiger partial charge in [0.05, 0.1) is 0 Å². The minimum Gasteiger partial charge on any atom is -0.333 e. The van der Waals surface area contributed by atoms with E-state index in [-0.39, 0.29) is 12.1 Å². The fourth-order valence-corrected chi connectivity index (χ4v) is 4.04. The maximum atomic E-state index is 12.5. The Hall–Kier alpha value is -1.78. The van der Waals surface area contributed by atoms with Crippen LogP contribution in [0.4, 0.5) is 4.79 Å². The molecule has 2 bridgehead atoms. The van der Waals surface area contributed by atoms with Crippen molar-refractivity contribution in [2.75, 3.05) is 19.6 Å². The number of nitrogens with zero attached hydrogens (tertiary/aromatic N) is 2. The number of hydrogen-bond acceptors (Lipinski definition) is 2. The van der Waals surface area contributed by atoms with Gasteiger partial charge in [-0.15, -0.1) is 0 Å². The van der Waals surface area contributed by atoms with Crippen LogP contribution in [-0.2, 0) is 0 Å². The summed E-state index contributed by atoms with van der Waals surface area (Å²) < 4.78 is 1.62. The number of carbonyl (C=O) groups is 1. The molecule has 0 saturated carbocycles. The van der Waals surface area contributed by atoms with Crippen LogP contribution < -0.4 is 5.32 Å². The highest BCUT2D eigenvalue weighted by Gasteiger charge is 2.33. The van der Waals surface area contributed by atoms with Crippen molar-refractivity contribution in [1.82, 2.24) is 14.8 Å². The normalized spacial score (nSPS) is 26.2. The first-order chi connectivity index (χ1) is 11.2. The summed E-state index contributed by atoms with van der Waals surface area (Å²) in [6.45, 7) is 3.35. The largest absolute Gasteiger partial charge is 0.333 e. The van der Waals surface area contributed by atoms with Crippen molar-refractivity contribution in [3.05, 3.63) is 47.7 Å². The number of benzene rings is 1. The van der Waals surface area contributed by atoms with E-state index in [2.05, 4.69) is 10.2 Å². The van der Waals surface area contributed by atoms with Crippen molar-refractivity contribution >= 4 is 17.6 Å². The van der Waals surface area contributed by atoms with Crippen LogP contribution >= 0.6 is 11.6 Å². The van der Waals surface area contributed by atoms with Gasteiger partial charge in [0.1, 0.15) is 0 Å². The van der Waals surface area contributed by atoms with E-state index >= 15 is 0 Å². The fraction of sp³-hybridized carbons (Fsp3) is 0.389. The molecule has 1 aromatic heterocycles. The topological polar surface area (TPSA) is 37.3 Å². The lowest BCUT2D eigenvalue weighted by Gasteiger charge is -2.30. The number of carbonyl (C=O) groups excluding carboxylic acids is 1. The zero-order valence-electron chi connectivity index (χ0n) is 12.9. The Morgan fingerprint density at radius 1 is 1.22 bits per heavy atom. The molecule has 2 aliphatic heterocycles. The average molecular weight is 330 g/mol. The third-order valence-corrected chi connectivity index (χ3v) is 5.24. The molecule has 2 aliphatic rings. The number of amides is 1. The first-order valence-electron chi connectivity index (χ1n) is 8.15. The second kappa shape index (κ2) is 6.02.